The van der Waals surface area contributed by atoms with Crippen LogP contribution in [-0.2, 0) is 6.42 Å². The van der Waals surface area contributed by atoms with Crippen molar-refractivity contribution >= 4 is 39.9 Å². The van der Waals surface area contributed by atoms with E-state index in [-0.39, 0.29) is 11.6 Å². The molecule has 0 unspecified atom stereocenters. The van der Waals surface area contributed by atoms with Gasteiger partial charge in [0.1, 0.15) is 0 Å². The largest absolute Gasteiger partial charge is 0.307 e. The van der Waals surface area contributed by atoms with Gasteiger partial charge in [0.2, 0.25) is 0 Å². The van der Waals surface area contributed by atoms with Crippen molar-refractivity contribution in [2.75, 3.05) is 11.4 Å². The van der Waals surface area contributed by atoms with Gasteiger partial charge in [0, 0.05) is 22.2 Å². The van der Waals surface area contributed by atoms with Gasteiger partial charge in [0.05, 0.1) is 16.2 Å². The second-order valence-electron chi connectivity index (χ2n) is 5.21. The summed E-state index contributed by atoms with van der Waals surface area (Å²) in [6, 6.07) is 10.3. The molecule has 22 heavy (non-hydrogen) atoms. The number of nitrogens with zero attached hydrogens (tertiary/aromatic N) is 2. The van der Waals surface area contributed by atoms with Crippen molar-refractivity contribution in [1.29, 1.82) is 0 Å². The molecular formula is C16H13IN2O3. The van der Waals surface area contributed by atoms with Gasteiger partial charge in [-0.2, -0.15) is 0 Å². The fourth-order valence-electron chi connectivity index (χ4n) is 2.65. The number of nitro groups is 1. The predicted molar refractivity (Wildman–Crippen MR) is 92.4 cm³/mol. The fourth-order valence-corrected chi connectivity index (χ4v) is 3.24. The Balaban J connectivity index is 2.02. The minimum atomic E-state index is -0.433. The molecule has 1 aliphatic rings. The van der Waals surface area contributed by atoms with Gasteiger partial charge in [-0.25, -0.2) is 0 Å². The highest BCUT2D eigenvalue weighted by atomic mass is 127. The number of nitro benzene ring substituents is 1. The van der Waals surface area contributed by atoms with Gasteiger partial charge in [0.15, 0.2) is 0 Å². The van der Waals surface area contributed by atoms with Crippen LogP contribution >= 0.6 is 22.6 Å². The van der Waals surface area contributed by atoms with E-state index in [2.05, 4.69) is 22.6 Å². The first kappa shape index (κ1) is 15.0. The molecule has 0 fully saturated rings. The molecule has 0 atom stereocenters. The van der Waals surface area contributed by atoms with E-state index in [4.69, 9.17) is 0 Å². The summed E-state index contributed by atoms with van der Waals surface area (Å²) in [7, 11) is 0. The Morgan fingerprint density at radius 3 is 2.82 bits per heavy atom. The summed E-state index contributed by atoms with van der Waals surface area (Å²) in [5.74, 6) is -0.104. The van der Waals surface area contributed by atoms with E-state index < -0.39 is 4.92 Å². The van der Waals surface area contributed by atoms with Crippen molar-refractivity contribution < 1.29 is 9.72 Å². The lowest BCUT2D eigenvalue weighted by Gasteiger charge is -2.18. The molecule has 0 saturated heterocycles. The normalized spacial score (nSPS) is 13.1. The molecule has 112 valence electrons. The second-order valence-corrected chi connectivity index (χ2v) is 6.29. The van der Waals surface area contributed by atoms with Crippen molar-refractivity contribution in [2.24, 2.45) is 0 Å². The first-order valence-electron chi connectivity index (χ1n) is 6.83. The van der Waals surface area contributed by atoms with Crippen molar-refractivity contribution in [2.45, 2.75) is 13.3 Å². The predicted octanol–water partition coefficient (Wildman–Crippen LogP) is 3.71. The van der Waals surface area contributed by atoms with Crippen LogP contribution in [0.5, 0.6) is 0 Å². The Labute approximate surface area is 141 Å². The molecule has 0 aliphatic carbocycles. The average molecular weight is 408 g/mol. The van der Waals surface area contributed by atoms with Crippen LogP contribution in [0.25, 0.3) is 0 Å². The molecule has 0 bridgehead atoms. The smallest absolute Gasteiger partial charge is 0.271 e. The van der Waals surface area contributed by atoms with Gasteiger partial charge < -0.3 is 4.90 Å². The number of hydrogen-bond acceptors (Lipinski definition) is 3. The molecule has 1 heterocycles. The van der Waals surface area contributed by atoms with E-state index in [1.54, 1.807) is 17.0 Å². The zero-order valence-corrected chi connectivity index (χ0v) is 14.0. The number of amides is 1. The number of carbonyl (C=O) groups excluding carboxylic acids is 1. The van der Waals surface area contributed by atoms with Gasteiger partial charge in [0.25, 0.3) is 11.6 Å². The Morgan fingerprint density at radius 2 is 2.09 bits per heavy atom. The van der Waals surface area contributed by atoms with E-state index in [9.17, 15) is 14.9 Å². The van der Waals surface area contributed by atoms with E-state index in [0.29, 0.717) is 17.8 Å². The molecule has 1 aliphatic heterocycles. The number of halogens is 1. The first-order valence-corrected chi connectivity index (χ1v) is 7.91. The number of hydrogen-bond donors (Lipinski definition) is 0. The SMILES string of the molecule is Cc1cccc(C(=O)N2CCc3ccc([N+](=O)[O-])cc32)c1I. The van der Waals surface area contributed by atoms with E-state index in [0.717, 1.165) is 21.1 Å². The molecule has 0 radical (unpaired) electrons. The number of anilines is 1. The van der Waals surface area contributed by atoms with Crippen LogP contribution in [0.15, 0.2) is 36.4 Å². The van der Waals surface area contributed by atoms with Crippen molar-refractivity contribution in [3.8, 4) is 0 Å². The highest BCUT2D eigenvalue weighted by molar-refractivity contribution is 14.1. The van der Waals surface area contributed by atoms with Crippen LogP contribution in [-0.4, -0.2) is 17.4 Å². The van der Waals surface area contributed by atoms with Crippen LogP contribution in [0, 0.1) is 20.6 Å². The molecule has 2 aromatic rings. The van der Waals surface area contributed by atoms with Crippen LogP contribution in [0.1, 0.15) is 21.5 Å². The second kappa shape index (κ2) is 5.68. The summed E-state index contributed by atoms with van der Waals surface area (Å²) < 4.78 is 0.920. The fraction of sp³-hybridized carbons (Fsp3) is 0.188. The van der Waals surface area contributed by atoms with Gasteiger partial charge in [-0.1, -0.05) is 18.2 Å². The lowest BCUT2D eigenvalue weighted by atomic mass is 10.1. The Morgan fingerprint density at radius 1 is 1.32 bits per heavy atom. The first-order chi connectivity index (χ1) is 10.5. The summed E-state index contributed by atoms with van der Waals surface area (Å²) in [4.78, 5) is 25.0. The summed E-state index contributed by atoms with van der Waals surface area (Å²) in [6.07, 6.45) is 0.724. The number of aryl methyl sites for hydroxylation is 1. The van der Waals surface area contributed by atoms with E-state index >= 15 is 0 Å². The van der Waals surface area contributed by atoms with Crippen LogP contribution in [0.3, 0.4) is 0 Å². The van der Waals surface area contributed by atoms with E-state index in [1.807, 2.05) is 19.1 Å². The highest BCUT2D eigenvalue weighted by Crippen LogP contribution is 2.33. The maximum absolute atomic E-state index is 12.8. The van der Waals surface area contributed by atoms with Gasteiger partial charge in [-0.05, 0) is 53.1 Å². The molecule has 1 amide bonds. The van der Waals surface area contributed by atoms with Crippen LogP contribution in [0.4, 0.5) is 11.4 Å². The summed E-state index contributed by atoms with van der Waals surface area (Å²) in [6.45, 7) is 2.51. The number of non-ortho nitro benzene ring substituents is 1. The van der Waals surface area contributed by atoms with Gasteiger partial charge in [-0.3, -0.25) is 14.9 Å². The van der Waals surface area contributed by atoms with Crippen molar-refractivity contribution in [3.63, 3.8) is 0 Å². The van der Waals surface area contributed by atoms with E-state index in [1.165, 1.54) is 12.1 Å². The van der Waals surface area contributed by atoms with Crippen LogP contribution < -0.4 is 4.90 Å². The lowest BCUT2D eigenvalue weighted by molar-refractivity contribution is -0.384. The maximum atomic E-state index is 12.8. The maximum Gasteiger partial charge on any atom is 0.271 e. The third-order valence-corrected chi connectivity index (χ3v) is 5.27. The Kier molecular flexibility index (Phi) is 3.86. The zero-order chi connectivity index (χ0) is 15.9. The molecule has 0 saturated carbocycles. The van der Waals surface area contributed by atoms with Gasteiger partial charge in [-0.15, -0.1) is 0 Å². The summed E-state index contributed by atoms with van der Waals surface area (Å²) in [5, 5.41) is 10.9. The Hall–Kier alpha value is -1.96. The molecule has 0 aromatic heterocycles. The third-order valence-electron chi connectivity index (χ3n) is 3.84. The minimum absolute atomic E-state index is 0.0115. The standard InChI is InChI=1S/C16H13IN2O3/c1-10-3-2-4-13(15(10)17)16(20)18-8-7-11-5-6-12(19(21)22)9-14(11)18/h2-6,9H,7-8H2,1H3. The quantitative estimate of drug-likeness (QED) is 0.433. The molecule has 5 nitrogen and oxygen atoms in total. The molecule has 6 heteroatoms. The lowest BCUT2D eigenvalue weighted by Crippen LogP contribution is -2.29. The third kappa shape index (κ3) is 2.47. The zero-order valence-electron chi connectivity index (χ0n) is 11.9. The number of rotatable bonds is 2. The molecule has 0 spiro atoms. The summed E-state index contributed by atoms with van der Waals surface area (Å²) >= 11 is 2.17. The monoisotopic (exact) mass is 408 g/mol. The number of carbonyl (C=O) groups is 1. The van der Waals surface area contributed by atoms with Crippen molar-refractivity contribution in [1.82, 2.24) is 0 Å². The topological polar surface area (TPSA) is 63.5 Å². The molecule has 2 aromatic carbocycles. The number of fused-ring (bicyclic) bond motifs is 1. The summed E-state index contributed by atoms with van der Waals surface area (Å²) in [5.41, 5.74) is 3.32. The van der Waals surface area contributed by atoms with Gasteiger partial charge >= 0.3 is 0 Å². The minimum Gasteiger partial charge on any atom is -0.307 e. The highest BCUT2D eigenvalue weighted by Gasteiger charge is 2.28. The van der Waals surface area contributed by atoms with Crippen LogP contribution in [0.2, 0.25) is 0 Å². The molecule has 0 N–H and O–H groups in total. The average Bonchev–Trinajstić information content (AvgIpc) is 2.92. The van der Waals surface area contributed by atoms with Crippen molar-refractivity contribution in [3.05, 3.63) is 66.8 Å². The Bertz CT molecular complexity index is 789. The molecule has 3 rings (SSSR count). The number of benzene rings is 2. The molecular weight excluding hydrogens is 395 g/mol.